The fraction of sp³-hybridized carbons (Fsp3) is 0.273. The lowest BCUT2D eigenvalue weighted by Gasteiger charge is -2.01. The van der Waals surface area contributed by atoms with Gasteiger partial charge in [0, 0.05) is 17.5 Å². The van der Waals surface area contributed by atoms with Gasteiger partial charge in [0.15, 0.2) is 0 Å². The van der Waals surface area contributed by atoms with Gasteiger partial charge in [-0.15, -0.1) is 0 Å². The number of hydrogen-bond acceptors (Lipinski definition) is 5. The van der Waals surface area contributed by atoms with E-state index < -0.39 is 5.24 Å². The maximum Gasteiger partial charge on any atom is 0.251 e. The molecule has 1 heterocycles. The first-order valence-corrected chi connectivity index (χ1v) is 7.58. The lowest BCUT2D eigenvalue weighted by molar-refractivity contribution is -0.108. The number of carbonyl (C=O) groups excluding carboxylic acids is 1. The Morgan fingerprint density at radius 3 is 3.06 bits per heavy atom. The van der Waals surface area contributed by atoms with Gasteiger partial charge in [0.2, 0.25) is 0 Å². The monoisotopic (exact) mass is 289 g/mol. The molecular weight excluding hydrogens is 278 g/mol. The maximum absolute atomic E-state index is 10.6. The van der Waals surface area contributed by atoms with E-state index in [-0.39, 0.29) is 0 Å². The summed E-state index contributed by atoms with van der Waals surface area (Å²) in [6.45, 7) is 2.15. The number of pyridine rings is 1. The molecule has 1 aromatic rings. The molecule has 0 aliphatic rings. The van der Waals surface area contributed by atoms with Crippen molar-refractivity contribution in [1.82, 2.24) is 4.98 Å². The van der Waals surface area contributed by atoms with E-state index >= 15 is 0 Å². The second-order valence-electron chi connectivity index (χ2n) is 3.02. The van der Waals surface area contributed by atoms with Crippen LogP contribution in [0.4, 0.5) is 0 Å². The Morgan fingerprint density at radius 2 is 2.41 bits per heavy atom. The number of aromatic nitrogens is 1. The zero-order chi connectivity index (χ0) is 12.5. The van der Waals surface area contributed by atoms with E-state index in [0.29, 0.717) is 12.2 Å². The molecule has 0 aliphatic heterocycles. The third kappa shape index (κ3) is 6.61. The molecule has 0 aromatic carbocycles. The van der Waals surface area contributed by atoms with Gasteiger partial charge in [0.1, 0.15) is 5.03 Å². The van der Waals surface area contributed by atoms with E-state index in [0.717, 1.165) is 10.8 Å². The first-order chi connectivity index (χ1) is 8.20. The van der Waals surface area contributed by atoms with Crippen molar-refractivity contribution in [3.8, 4) is 0 Å². The van der Waals surface area contributed by atoms with Crippen LogP contribution in [-0.4, -0.2) is 22.6 Å². The minimum Gasteiger partial charge on any atom is -0.500 e. The molecule has 0 N–H and O–H groups in total. The molecule has 0 atom stereocenters. The fourth-order valence-electron chi connectivity index (χ4n) is 0.811. The van der Waals surface area contributed by atoms with Gasteiger partial charge < -0.3 is 4.74 Å². The minimum atomic E-state index is -0.486. The highest BCUT2D eigenvalue weighted by Gasteiger charge is 1.98. The van der Waals surface area contributed by atoms with Crippen LogP contribution in [0.3, 0.4) is 0 Å². The fourth-order valence-corrected chi connectivity index (χ4v) is 2.57. The first-order valence-electron chi connectivity index (χ1n) is 4.89. The Bertz CT molecular complexity index is 384. The van der Waals surface area contributed by atoms with E-state index in [1.165, 1.54) is 6.26 Å². The highest BCUT2D eigenvalue weighted by atomic mass is 35.5. The van der Waals surface area contributed by atoms with Crippen LogP contribution < -0.4 is 0 Å². The molecule has 0 amide bonds. The zero-order valence-electron chi connectivity index (χ0n) is 9.26. The largest absolute Gasteiger partial charge is 0.500 e. The van der Waals surface area contributed by atoms with Crippen molar-refractivity contribution in [2.75, 3.05) is 12.4 Å². The van der Waals surface area contributed by atoms with Gasteiger partial charge >= 0.3 is 0 Å². The normalized spacial score (nSPS) is 11.3. The Kier molecular flexibility index (Phi) is 7.16. The molecular formula is C11H12ClNO2S2. The van der Waals surface area contributed by atoms with E-state index in [4.69, 9.17) is 16.3 Å². The molecule has 0 unspecified atom stereocenters. The van der Waals surface area contributed by atoms with E-state index in [2.05, 4.69) is 4.98 Å². The number of carbonyl (C=O) groups is 1. The molecule has 17 heavy (non-hydrogen) atoms. The molecule has 0 saturated heterocycles. The highest BCUT2D eigenvalue weighted by molar-refractivity contribution is 8.76. The van der Waals surface area contributed by atoms with Gasteiger partial charge in [0.25, 0.3) is 5.24 Å². The van der Waals surface area contributed by atoms with Gasteiger partial charge in [-0.2, -0.15) is 0 Å². The second kappa shape index (κ2) is 8.44. The van der Waals surface area contributed by atoms with Crippen LogP contribution >= 0.6 is 33.2 Å². The SMILES string of the molecule is C/C(=C\OCCSSc1ccccn1)C(=O)Cl. The Morgan fingerprint density at radius 1 is 1.59 bits per heavy atom. The topological polar surface area (TPSA) is 39.2 Å². The van der Waals surface area contributed by atoms with Crippen LogP contribution in [0.5, 0.6) is 0 Å². The third-order valence-electron chi connectivity index (χ3n) is 1.64. The molecule has 1 aromatic heterocycles. The molecule has 3 nitrogen and oxygen atoms in total. The molecule has 0 aliphatic carbocycles. The van der Waals surface area contributed by atoms with Crippen LogP contribution in [0.15, 0.2) is 41.3 Å². The summed E-state index contributed by atoms with van der Waals surface area (Å²) in [7, 11) is 3.25. The van der Waals surface area contributed by atoms with Gasteiger partial charge in [-0.3, -0.25) is 4.79 Å². The summed E-state index contributed by atoms with van der Waals surface area (Å²) in [5.74, 6) is 0.807. The summed E-state index contributed by atoms with van der Waals surface area (Å²) in [5, 5.41) is 0.487. The average Bonchev–Trinajstić information content (AvgIpc) is 2.34. The molecule has 0 saturated carbocycles. The highest BCUT2D eigenvalue weighted by Crippen LogP contribution is 2.28. The lowest BCUT2D eigenvalue weighted by Crippen LogP contribution is -1.94. The van der Waals surface area contributed by atoms with E-state index in [1.807, 2.05) is 18.2 Å². The van der Waals surface area contributed by atoms with E-state index in [9.17, 15) is 4.79 Å². The summed E-state index contributed by atoms with van der Waals surface area (Å²) in [6, 6.07) is 5.79. The predicted octanol–water partition coefficient (Wildman–Crippen LogP) is 3.51. The third-order valence-corrected chi connectivity index (χ3v) is 4.16. The van der Waals surface area contributed by atoms with Crippen molar-refractivity contribution >= 4 is 38.4 Å². The van der Waals surface area contributed by atoms with Crippen LogP contribution in [-0.2, 0) is 9.53 Å². The smallest absolute Gasteiger partial charge is 0.251 e. The van der Waals surface area contributed by atoms with Crippen LogP contribution in [0.1, 0.15) is 6.92 Å². The lowest BCUT2D eigenvalue weighted by atomic mass is 10.4. The van der Waals surface area contributed by atoms with Crippen molar-refractivity contribution in [2.24, 2.45) is 0 Å². The minimum absolute atomic E-state index is 0.411. The summed E-state index contributed by atoms with van der Waals surface area (Å²) in [6.07, 6.45) is 3.15. The maximum atomic E-state index is 10.6. The van der Waals surface area contributed by atoms with Crippen LogP contribution in [0.25, 0.3) is 0 Å². The summed E-state index contributed by atoms with van der Waals surface area (Å²) < 4.78 is 5.17. The number of halogens is 1. The number of hydrogen-bond donors (Lipinski definition) is 0. The number of rotatable bonds is 7. The van der Waals surface area contributed by atoms with Crippen molar-refractivity contribution in [3.05, 3.63) is 36.2 Å². The van der Waals surface area contributed by atoms with E-state index in [1.54, 1.807) is 34.7 Å². The Balaban J connectivity index is 2.10. The quantitative estimate of drug-likeness (QED) is 0.252. The van der Waals surface area contributed by atoms with Gasteiger partial charge in [-0.1, -0.05) is 16.9 Å². The predicted molar refractivity (Wildman–Crippen MR) is 73.1 cm³/mol. The van der Waals surface area contributed by atoms with Crippen LogP contribution in [0, 0.1) is 0 Å². The zero-order valence-corrected chi connectivity index (χ0v) is 11.6. The molecule has 0 fully saturated rings. The number of allylic oxidation sites excluding steroid dienone is 1. The summed E-state index contributed by atoms with van der Waals surface area (Å²) in [5.41, 5.74) is 0.411. The molecule has 0 bridgehead atoms. The summed E-state index contributed by atoms with van der Waals surface area (Å²) in [4.78, 5) is 14.8. The van der Waals surface area contributed by atoms with Crippen molar-refractivity contribution < 1.29 is 9.53 Å². The molecule has 0 radical (unpaired) electrons. The number of nitrogens with zero attached hydrogens (tertiary/aromatic N) is 1. The Labute approximate surface area is 113 Å². The Hall–Kier alpha value is -0.650. The number of ether oxygens (including phenoxy) is 1. The summed E-state index contributed by atoms with van der Waals surface area (Å²) >= 11 is 5.24. The molecule has 92 valence electrons. The first kappa shape index (κ1) is 14.4. The average molecular weight is 290 g/mol. The van der Waals surface area contributed by atoms with Crippen molar-refractivity contribution in [3.63, 3.8) is 0 Å². The van der Waals surface area contributed by atoms with Crippen LogP contribution in [0.2, 0.25) is 0 Å². The van der Waals surface area contributed by atoms with Gasteiger partial charge in [-0.25, -0.2) is 4.98 Å². The van der Waals surface area contributed by atoms with Gasteiger partial charge in [0.05, 0.1) is 12.9 Å². The second-order valence-corrected chi connectivity index (χ2v) is 5.80. The molecule has 6 heteroatoms. The van der Waals surface area contributed by atoms with Crippen molar-refractivity contribution in [1.29, 1.82) is 0 Å². The molecule has 0 spiro atoms. The molecule has 1 rings (SSSR count). The van der Waals surface area contributed by atoms with Crippen molar-refractivity contribution in [2.45, 2.75) is 11.9 Å². The standard InChI is InChI=1S/C11H12ClNO2S2/c1-9(11(12)14)8-15-6-7-16-17-10-4-2-3-5-13-10/h2-5,8H,6-7H2,1H3/b9-8+. The van der Waals surface area contributed by atoms with Gasteiger partial charge in [-0.05, 0) is 41.5 Å².